The van der Waals surface area contributed by atoms with E-state index in [1.807, 2.05) is 23.2 Å². The van der Waals surface area contributed by atoms with Gasteiger partial charge in [-0.15, -0.1) is 0 Å². The number of hydrogen-bond donors (Lipinski definition) is 1. The first-order chi connectivity index (χ1) is 10.8. The monoisotopic (exact) mass is 299 g/mol. The number of nitrogens with one attached hydrogen (secondary N) is 1. The fraction of sp³-hybridized carbons (Fsp3) is 0.471. The van der Waals surface area contributed by atoms with Crippen molar-refractivity contribution in [3.8, 4) is 0 Å². The minimum absolute atomic E-state index is 0.130. The fourth-order valence-corrected chi connectivity index (χ4v) is 3.26. The molecular weight excluding hydrogens is 278 g/mol. The number of amides is 1. The molecule has 22 heavy (non-hydrogen) atoms. The summed E-state index contributed by atoms with van der Waals surface area (Å²) in [5, 5.41) is 4.37. The number of ether oxygens (including phenoxy) is 1. The number of morpholine rings is 1. The van der Waals surface area contributed by atoms with E-state index in [0.29, 0.717) is 32.2 Å². The van der Waals surface area contributed by atoms with Gasteiger partial charge in [-0.2, -0.15) is 0 Å². The summed E-state index contributed by atoms with van der Waals surface area (Å²) in [5.74, 6) is 0.798. The molecule has 2 aliphatic rings. The van der Waals surface area contributed by atoms with Crippen LogP contribution < -0.4 is 5.32 Å². The van der Waals surface area contributed by atoms with Crippen LogP contribution in [0.4, 0.5) is 0 Å². The summed E-state index contributed by atoms with van der Waals surface area (Å²) in [6, 6.07) is 8.21. The Labute approximate surface area is 129 Å². The molecule has 3 heterocycles. The zero-order chi connectivity index (χ0) is 14.9. The minimum Gasteiger partial charge on any atom is -0.378 e. The van der Waals surface area contributed by atoms with Crippen LogP contribution in [0.5, 0.6) is 0 Å². The topological polar surface area (TPSA) is 46.5 Å². The lowest BCUT2D eigenvalue weighted by Gasteiger charge is -2.28. The molecule has 5 nitrogen and oxygen atoms in total. The van der Waals surface area contributed by atoms with Crippen LogP contribution in [0.1, 0.15) is 10.4 Å². The van der Waals surface area contributed by atoms with Crippen LogP contribution in [0.25, 0.3) is 10.9 Å². The summed E-state index contributed by atoms with van der Waals surface area (Å²) < 4.78 is 7.59. The van der Waals surface area contributed by atoms with E-state index >= 15 is 0 Å². The van der Waals surface area contributed by atoms with Crippen LogP contribution >= 0.6 is 0 Å². The highest BCUT2D eigenvalue weighted by molar-refractivity contribution is 6.07. The maximum Gasteiger partial charge on any atom is 0.256 e. The van der Waals surface area contributed by atoms with E-state index in [1.54, 1.807) is 0 Å². The third-order valence-corrected chi connectivity index (χ3v) is 4.64. The van der Waals surface area contributed by atoms with E-state index in [4.69, 9.17) is 4.74 Å². The average Bonchev–Trinajstić information content (AvgIpc) is 2.90. The Bertz CT molecular complexity index is 684. The number of rotatable bonds is 3. The average molecular weight is 299 g/mol. The van der Waals surface area contributed by atoms with Gasteiger partial charge in [0.1, 0.15) is 0 Å². The van der Waals surface area contributed by atoms with Crippen LogP contribution in [0.3, 0.4) is 0 Å². The quantitative estimate of drug-likeness (QED) is 0.930. The Morgan fingerprint density at radius 3 is 2.73 bits per heavy atom. The third kappa shape index (κ3) is 2.40. The van der Waals surface area contributed by atoms with Gasteiger partial charge in [-0.3, -0.25) is 4.79 Å². The highest BCUT2D eigenvalue weighted by Gasteiger charge is 2.24. The zero-order valence-corrected chi connectivity index (χ0v) is 12.6. The molecule has 1 aromatic heterocycles. The lowest BCUT2D eigenvalue weighted by atomic mass is 10.0. The van der Waals surface area contributed by atoms with Crippen molar-refractivity contribution < 1.29 is 9.53 Å². The largest absolute Gasteiger partial charge is 0.378 e. The predicted octanol–water partition coefficient (Wildman–Crippen LogP) is 1.33. The van der Waals surface area contributed by atoms with Crippen molar-refractivity contribution in [3.05, 3.63) is 36.0 Å². The number of nitrogens with zero attached hydrogens (tertiary/aromatic N) is 2. The fourth-order valence-electron chi connectivity index (χ4n) is 3.26. The maximum atomic E-state index is 12.8. The van der Waals surface area contributed by atoms with Crippen molar-refractivity contribution in [2.24, 2.45) is 5.92 Å². The second-order valence-corrected chi connectivity index (χ2v) is 6.14. The number of para-hydroxylation sites is 1. The normalized spacial score (nSPS) is 19.4. The standard InChI is InChI=1S/C17H21N3O2/c21-17(19-5-7-22-8-6-19)15-12-20(11-13-9-18-10-13)16-4-2-1-3-14(15)16/h1-4,12-13,18H,5-11H2. The first kappa shape index (κ1) is 13.8. The van der Waals surface area contributed by atoms with Crippen LogP contribution in [0.2, 0.25) is 0 Å². The molecule has 2 fully saturated rings. The molecule has 2 saturated heterocycles. The predicted molar refractivity (Wildman–Crippen MR) is 85.0 cm³/mol. The highest BCUT2D eigenvalue weighted by Crippen LogP contribution is 2.24. The number of fused-ring (bicyclic) bond motifs is 1. The minimum atomic E-state index is 0.130. The molecule has 1 aromatic carbocycles. The molecule has 0 unspecified atom stereocenters. The van der Waals surface area contributed by atoms with Crippen molar-refractivity contribution in [1.29, 1.82) is 0 Å². The van der Waals surface area contributed by atoms with E-state index in [0.717, 1.165) is 36.1 Å². The van der Waals surface area contributed by atoms with Gasteiger partial charge in [-0.25, -0.2) is 0 Å². The first-order valence-corrected chi connectivity index (χ1v) is 7.98. The lowest BCUT2D eigenvalue weighted by Crippen LogP contribution is -2.44. The molecule has 0 bridgehead atoms. The molecule has 2 aliphatic heterocycles. The molecule has 0 atom stereocenters. The van der Waals surface area contributed by atoms with Gasteiger partial charge in [-0.1, -0.05) is 18.2 Å². The van der Waals surface area contributed by atoms with Gasteiger partial charge in [0.2, 0.25) is 0 Å². The second kappa shape index (κ2) is 5.74. The first-order valence-electron chi connectivity index (χ1n) is 7.98. The number of aromatic nitrogens is 1. The summed E-state index contributed by atoms with van der Waals surface area (Å²) in [6.07, 6.45) is 2.04. The van der Waals surface area contributed by atoms with Gasteiger partial charge >= 0.3 is 0 Å². The van der Waals surface area contributed by atoms with Crippen LogP contribution in [-0.4, -0.2) is 54.8 Å². The van der Waals surface area contributed by atoms with E-state index in [-0.39, 0.29) is 5.91 Å². The molecule has 116 valence electrons. The number of carbonyl (C=O) groups excluding carboxylic acids is 1. The van der Waals surface area contributed by atoms with E-state index in [2.05, 4.69) is 22.0 Å². The number of benzene rings is 1. The van der Waals surface area contributed by atoms with Crippen molar-refractivity contribution >= 4 is 16.8 Å². The van der Waals surface area contributed by atoms with Crippen molar-refractivity contribution in [2.75, 3.05) is 39.4 Å². The Hall–Kier alpha value is -1.85. The van der Waals surface area contributed by atoms with Crippen molar-refractivity contribution in [2.45, 2.75) is 6.54 Å². The van der Waals surface area contributed by atoms with Crippen molar-refractivity contribution in [3.63, 3.8) is 0 Å². The van der Waals surface area contributed by atoms with Gasteiger partial charge in [0.15, 0.2) is 0 Å². The molecule has 2 aromatic rings. The van der Waals surface area contributed by atoms with Crippen LogP contribution in [0.15, 0.2) is 30.5 Å². The highest BCUT2D eigenvalue weighted by atomic mass is 16.5. The van der Waals surface area contributed by atoms with Crippen molar-refractivity contribution in [1.82, 2.24) is 14.8 Å². The molecule has 4 rings (SSSR count). The summed E-state index contributed by atoms with van der Waals surface area (Å²) in [6.45, 7) is 5.76. The summed E-state index contributed by atoms with van der Waals surface area (Å²) in [7, 11) is 0. The molecule has 0 saturated carbocycles. The summed E-state index contributed by atoms with van der Waals surface area (Å²) in [5.41, 5.74) is 1.98. The third-order valence-electron chi connectivity index (χ3n) is 4.64. The molecular formula is C17H21N3O2. The van der Waals surface area contributed by atoms with E-state index in [1.165, 1.54) is 0 Å². The molecule has 5 heteroatoms. The zero-order valence-electron chi connectivity index (χ0n) is 12.6. The van der Waals surface area contributed by atoms with Gasteiger partial charge in [0.25, 0.3) is 5.91 Å². The van der Waals surface area contributed by atoms with Crippen LogP contribution in [0, 0.1) is 5.92 Å². The number of hydrogen-bond acceptors (Lipinski definition) is 3. The summed E-state index contributed by atoms with van der Waals surface area (Å²) in [4.78, 5) is 14.7. The summed E-state index contributed by atoms with van der Waals surface area (Å²) >= 11 is 0. The van der Waals surface area contributed by atoms with Gasteiger partial charge in [-0.05, 0) is 6.07 Å². The molecule has 1 amide bonds. The van der Waals surface area contributed by atoms with Crippen LogP contribution in [-0.2, 0) is 11.3 Å². The smallest absolute Gasteiger partial charge is 0.256 e. The molecule has 0 aliphatic carbocycles. The molecule has 0 radical (unpaired) electrons. The molecule has 0 spiro atoms. The maximum absolute atomic E-state index is 12.8. The second-order valence-electron chi connectivity index (χ2n) is 6.14. The van der Waals surface area contributed by atoms with Gasteiger partial charge < -0.3 is 19.5 Å². The van der Waals surface area contributed by atoms with E-state index < -0.39 is 0 Å². The Morgan fingerprint density at radius 1 is 1.23 bits per heavy atom. The lowest BCUT2D eigenvalue weighted by molar-refractivity contribution is 0.0304. The Kier molecular flexibility index (Phi) is 3.60. The van der Waals surface area contributed by atoms with E-state index in [9.17, 15) is 4.79 Å². The Morgan fingerprint density at radius 2 is 2.00 bits per heavy atom. The molecule has 1 N–H and O–H groups in total. The number of carbonyl (C=O) groups is 1. The van der Waals surface area contributed by atoms with Gasteiger partial charge in [0, 0.05) is 55.7 Å². The van der Waals surface area contributed by atoms with Gasteiger partial charge in [0.05, 0.1) is 18.8 Å². The Balaban J connectivity index is 1.68. The SMILES string of the molecule is O=C(c1cn(CC2CNC2)c2ccccc12)N1CCOCC1.